The molecule has 3 heterocycles. The van der Waals surface area contributed by atoms with Crippen molar-refractivity contribution in [1.82, 2.24) is 20.1 Å². The van der Waals surface area contributed by atoms with Crippen LogP contribution in [0.1, 0.15) is 25.9 Å². The predicted molar refractivity (Wildman–Crippen MR) is 101 cm³/mol. The van der Waals surface area contributed by atoms with Gasteiger partial charge in [0.05, 0.1) is 29.0 Å². The molecule has 2 N–H and O–H groups in total. The van der Waals surface area contributed by atoms with Gasteiger partial charge in [-0.2, -0.15) is 5.10 Å². The van der Waals surface area contributed by atoms with Crippen molar-refractivity contribution in [2.24, 2.45) is 0 Å². The predicted octanol–water partition coefficient (Wildman–Crippen LogP) is 2.62. The van der Waals surface area contributed by atoms with Gasteiger partial charge in [0.1, 0.15) is 0 Å². The zero-order valence-electron chi connectivity index (χ0n) is 14.7. The topological polar surface area (TPSA) is 88.9 Å². The zero-order chi connectivity index (χ0) is 18.7. The summed E-state index contributed by atoms with van der Waals surface area (Å²) in [7, 11) is 0. The summed E-state index contributed by atoms with van der Waals surface area (Å²) < 4.78 is 1.74. The molecule has 0 radical (unpaired) electrons. The fraction of sp³-hybridized carbons (Fsp3) is 0.222. The molecule has 0 saturated carbocycles. The van der Waals surface area contributed by atoms with E-state index in [0.29, 0.717) is 16.4 Å². The van der Waals surface area contributed by atoms with E-state index in [9.17, 15) is 9.59 Å². The normalized spacial score (nSPS) is 10.6. The molecular weight excluding hydrogens is 350 g/mol. The summed E-state index contributed by atoms with van der Waals surface area (Å²) in [4.78, 5) is 29.9. The standard InChI is InChI=1S/C18H19N5O2S/c1-11-8-12(2)23(22-11)16-7-5-14(9-19-16)21-17(24)10-20-18(25)15-6-4-13(3)26-15/h4-9H,10H2,1-3H3,(H,20,25)(H,21,24). The minimum Gasteiger partial charge on any atom is -0.342 e. The molecule has 0 aliphatic carbocycles. The van der Waals surface area contributed by atoms with Crippen LogP contribution in [0.3, 0.4) is 0 Å². The van der Waals surface area contributed by atoms with E-state index >= 15 is 0 Å². The lowest BCUT2D eigenvalue weighted by Crippen LogP contribution is -2.32. The minimum absolute atomic E-state index is 0.102. The van der Waals surface area contributed by atoms with Gasteiger partial charge in [-0.1, -0.05) is 0 Å². The monoisotopic (exact) mass is 369 g/mol. The fourth-order valence-electron chi connectivity index (χ4n) is 2.46. The Balaban J connectivity index is 1.56. The number of nitrogens with zero attached hydrogens (tertiary/aromatic N) is 3. The molecular formula is C18H19N5O2S. The van der Waals surface area contributed by atoms with E-state index < -0.39 is 0 Å². The van der Waals surface area contributed by atoms with Crippen molar-refractivity contribution in [2.75, 3.05) is 11.9 Å². The van der Waals surface area contributed by atoms with Gasteiger partial charge < -0.3 is 10.6 Å². The van der Waals surface area contributed by atoms with Gasteiger partial charge in [0, 0.05) is 10.6 Å². The van der Waals surface area contributed by atoms with Crippen molar-refractivity contribution < 1.29 is 9.59 Å². The first-order valence-electron chi connectivity index (χ1n) is 8.06. The van der Waals surface area contributed by atoms with Crippen molar-refractivity contribution in [3.63, 3.8) is 0 Å². The summed E-state index contributed by atoms with van der Waals surface area (Å²) in [5, 5.41) is 9.69. The maximum absolute atomic E-state index is 12.0. The Labute approximate surface area is 155 Å². The van der Waals surface area contributed by atoms with Gasteiger partial charge >= 0.3 is 0 Å². The molecule has 7 nitrogen and oxygen atoms in total. The van der Waals surface area contributed by atoms with Crippen LogP contribution in [0.5, 0.6) is 0 Å². The Kier molecular flexibility index (Phi) is 5.13. The maximum Gasteiger partial charge on any atom is 0.261 e. The third-order valence-corrected chi connectivity index (χ3v) is 4.63. The number of hydrogen-bond donors (Lipinski definition) is 2. The third-order valence-electron chi connectivity index (χ3n) is 3.63. The van der Waals surface area contributed by atoms with Gasteiger partial charge in [0.15, 0.2) is 5.82 Å². The van der Waals surface area contributed by atoms with Crippen LogP contribution in [0.15, 0.2) is 36.5 Å². The van der Waals surface area contributed by atoms with Crippen LogP contribution in [-0.4, -0.2) is 33.1 Å². The van der Waals surface area contributed by atoms with Crippen LogP contribution < -0.4 is 10.6 Å². The summed E-state index contributed by atoms with van der Waals surface area (Å²) in [6.45, 7) is 5.70. The van der Waals surface area contributed by atoms with Crippen LogP contribution in [0.4, 0.5) is 5.69 Å². The van der Waals surface area contributed by atoms with Gasteiger partial charge in [-0.15, -0.1) is 11.3 Å². The first-order chi connectivity index (χ1) is 12.4. The average molecular weight is 369 g/mol. The molecule has 0 aliphatic rings. The van der Waals surface area contributed by atoms with E-state index in [4.69, 9.17) is 0 Å². The van der Waals surface area contributed by atoms with Crippen LogP contribution in [0.2, 0.25) is 0 Å². The largest absolute Gasteiger partial charge is 0.342 e. The maximum atomic E-state index is 12.0. The molecule has 3 aromatic heterocycles. The van der Waals surface area contributed by atoms with Gasteiger partial charge in [0.2, 0.25) is 5.91 Å². The molecule has 0 aromatic carbocycles. The van der Waals surface area contributed by atoms with Crippen molar-refractivity contribution >= 4 is 28.8 Å². The molecule has 0 atom stereocenters. The second-order valence-electron chi connectivity index (χ2n) is 5.89. The number of carbonyl (C=O) groups is 2. The summed E-state index contributed by atoms with van der Waals surface area (Å²) in [6, 6.07) is 9.11. The molecule has 0 saturated heterocycles. The highest BCUT2D eigenvalue weighted by Crippen LogP contribution is 2.15. The van der Waals surface area contributed by atoms with E-state index in [1.54, 1.807) is 29.1 Å². The summed E-state index contributed by atoms with van der Waals surface area (Å²) >= 11 is 1.39. The van der Waals surface area contributed by atoms with Crippen molar-refractivity contribution in [2.45, 2.75) is 20.8 Å². The van der Waals surface area contributed by atoms with Crippen LogP contribution in [0, 0.1) is 20.8 Å². The third kappa shape index (κ3) is 4.15. The van der Waals surface area contributed by atoms with Crippen LogP contribution >= 0.6 is 11.3 Å². The summed E-state index contributed by atoms with van der Waals surface area (Å²) in [5.74, 6) is 0.110. The number of rotatable bonds is 5. The van der Waals surface area contributed by atoms with Gasteiger partial charge in [-0.25, -0.2) is 9.67 Å². The Hall–Kier alpha value is -3.00. The average Bonchev–Trinajstić information content (AvgIpc) is 3.18. The number of hydrogen-bond acceptors (Lipinski definition) is 5. The SMILES string of the molecule is Cc1cc(C)n(-c2ccc(NC(=O)CNC(=O)c3ccc(C)s3)cn2)n1. The van der Waals surface area contributed by atoms with Gasteiger partial charge in [-0.05, 0) is 51.1 Å². The first kappa shape index (κ1) is 17.8. The molecule has 134 valence electrons. The number of aryl methyl sites for hydroxylation is 3. The number of amides is 2. The quantitative estimate of drug-likeness (QED) is 0.723. The Morgan fingerprint density at radius 3 is 2.54 bits per heavy atom. The fourth-order valence-corrected chi connectivity index (χ4v) is 3.24. The highest BCUT2D eigenvalue weighted by atomic mass is 32.1. The summed E-state index contributed by atoms with van der Waals surface area (Å²) in [6.07, 6.45) is 1.56. The van der Waals surface area contributed by atoms with Crippen LogP contribution in [-0.2, 0) is 4.79 Å². The van der Waals surface area contributed by atoms with Crippen molar-refractivity contribution in [1.29, 1.82) is 0 Å². The molecule has 2 amide bonds. The number of pyridine rings is 1. The lowest BCUT2D eigenvalue weighted by molar-refractivity contribution is -0.115. The summed E-state index contributed by atoms with van der Waals surface area (Å²) in [5.41, 5.74) is 2.46. The molecule has 3 rings (SSSR count). The lowest BCUT2D eigenvalue weighted by atomic mass is 10.3. The van der Waals surface area contributed by atoms with Crippen molar-refractivity contribution in [3.8, 4) is 5.82 Å². The highest BCUT2D eigenvalue weighted by Gasteiger charge is 2.10. The smallest absolute Gasteiger partial charge is 0.261 e. The molecule has 0 bridgehead atoms. The van der Waals surface area contributed by atoms with Crippen molar-refractivity contribution in [3.05, 3.63) is 57.7 Å². The van der Waals surface area contributed by atoms with Crippen LogP contribution in [0.25, 0.3) is 5.82 Å². The van der Waals surface area contributed by atoms with E-state index in [-0.39, 0.29) is 18.4 Å². The minimum atomic E-state index is -0.313. The number of anilines is 1. The zero-order valence-corrected chi connectivity index (χ0v) is 15.6. The van der Waals surface area contributed by atoms with E-state index in [1.807, 2.05) is 32.9 Å². The molecule has 0 spiro atoms. The number of nitrogens with one attached hydrogen (secondary N) is 2. The Morgan fingerprint density at radius 1 is 1.15 bits per heavy atom. The molecule has 0 unspecified atom stereocenters. The van der Waals surface area contributed by atoms with E-state index in [0.717, 1.165) is 16.3 Å². The molecule has 3 aromatic rings. The second-order valence-corrected chi connectivity index (χ2v) is 7.17. The number of aromatic nitrogens is 3. The van der Waals surface area contributed by atoms with E-state index in [1.165, 1.54) is 11.3 Å². The second kappa shape index (κ2) is 7.49. The Bertz CT molecular complexity index is 943. The molecule has 26 heavy (non-hydrogen) atoms. The van der Waals surface area contributed by atoms with Gasteiger partial charge in [0.25, 0.3) is 5.91 Å². The molecule has 8 heteroatoms. The van der Waals surface area contributed by atoms with Gasteiger partial charge in [-0.3, -0.25) is 9.59 Å². The number of thiophene rings is 1. The Morgan fingerprint density at radius 2 is 1.96 bits per heavy atom. The molecule has 0 fully saturated rings. The lowest BCUT2D eigenvalue weighted by Gasteiger charge is -2.08. The first-order valence-corrected chi connectivity index (χ1v) is 8.88. The van der Waals surface area contributed by atoms with E-state index in [2.05, 4.69) is 20.7 Å². The number of carbonyl (C=O) groups excluding carboxylic acids is 2. The highest BCUT2D eigenvalue weighted by molar-refractivity contribution is 7.13. The molecule has 0 aliphatic heterocycles.